The summed E-state index contributed by atoms with van der Waals surface area (Å²) in [6.45, 7) is 7.87. The number of carbonyl (C=O) groups excluding carboxylic acids is 1. The van der Waals surface area contributed by atoms with Gasteiger partial charge in [-0.25, -0.2) is 8.42 Å². The van der Waals surface area contributed by atoms with E-state index in [-0.39, 0.29) is 35.8 Å². The van der Waals surface area contributed by atoms with E-state index in [1.165, 1.54) is 16.4 Å². The van der Waals surface area contributed by atoms with Gasteiger partial charge in [0.05, 0.1) is 28.6 Å². The third kappa shape index (κ3) is 5.13. The lowest BCUT2D eigenvalue weighted by molar-refractivity contribution is -0.0440. The van der Waals surface area contributed by atoms with Crippen molar-refractivity contribution in [3.63, 3.8) is 0 Å². The molecule has 3 rings (SSSR count). The second kappa shape index (κ2) is 8.79. The zero-order chi connectivity index (χ0) is 22.8. The number of nitriles is 1. The van der Waals surface area contributed by atoms with Gasteiger partial charge < -0.3 is 10.1 Å². The highest BCUT2D eigenvalue weighted by Crippen LogP contribution is 2.25. The summed E-state index contributed by atoms with van der Waals surface area (Å²) in [6, 6.07) is 15.3. The molecule has 1 aliphatic rings. The first kappa shape index (κ1) is 22.9. The van der Waals surface area contributed by atoms with Crippen molar-refractivity contribution in [3.05, 3.63) is 59.7 Å². The maximum atomic E-state index is 13.1. The molecule has 0 bridgehead atoms. The van der Waals surface area contributed by atoms with E-state index in [1.54, 1.807) is 36.4 Å². The highest BCUT2D eigenvalue weighted by Gasteiger charge is 2.32. The third-order valence-corrected chi connectivity index (χ3v) is 7.09. The number of carbonyl (C=O) groups is 1. The number of amides is 1. The molecular weight excluding hydrogens is 414 g/mol. The van der Waals surface area contributed by atoms with Crippen molar-refractivity contribution < 1.29 is 17.9 Å². The maximum absolute atomic E-state index is 13.1. The molecule has 1 saturated heterocycles. The van der Waals surface area contributed by atoms with Crippen LogP contribution >= 0.6 is 0 Å². The second-order valence-electron chi connectivity index (χ2n) is 8.38. The summed E-state index contributed by atoms with van der Waals surface area (Å²) >= 11 is 0. The number of anilines is 1. The van der Waals surface area contributed by atoms with Gasteiger partial charge in [0, 0.05) is 24.3 Å². The zero-order valence-corrected chi connectivity index (χ0v) is 18.9. The lowest BCUT2D eigenvalue weighted by atomic mass is 9.86. The molecule has 1 heterocycles. The van der Waals surface area contributed by atoms with Crippen LogP contribution in [0.5, 0.6) is 0 Å². The van der Waals surface area contributed by atoms with Gasteiger partial charge in [-0.1, -0.05) is 18.2 Å². The van der Waals surface area contributed by atoms with E-state index < -0.39 is 21.3 Å². The number of hydrogen-bond donors (Lipinski definition) is 1. The van der Waals surface area contributed by atoms with Crippen molar-refractivity contribution in [2.75, 3.05) is 18.4 Å². The van der Waals surface area contributed by atoms with Gasteiger partial charge in [-0.3, -0.25) is 4.79 Å². The van der Waals surface area contributed by atoms with Crippen molar-refractivity contribution >= 4 is 21.6 Å². The van der Waals surface area contributed by atoms with Gasteiger partial charge in [0.2, 0.25) is 10.0 Å². The van der Waals surface area contributed by atoms with E-state index in [0.29, 0.717) is 5.69 Å². The second-order valence-corrected chi connectivity index (χ2v) is 10.3. The SMILES string of the molecule is CC1CN(S(=O)(=O)c2cccc(C(=O)Nc3ccc(C(C)(C)C#N)cc3)c2)CC(C)O1. The number of ether oxygens (including phenoxy) is 1. The fourth-order valence-corrected chi connectivity index (χ4v) is 5.15. The average Bonchev–Trinajstić information content (AvgIpc) is 2.73. The van der Waals surface area contributed by atoms with Gasteiger partial charge in [-0.2, -0.15) is 9.57 Å². The maximum Gasteiger partial charge on any atom is 0.255 e. The van der Waals surface area contributed by atoms with Gasteiger partial charge in [0.25, 0.3) is 5.91 Å². The number of hydrogen-bond acceptors (Lipinski definition) is 5. The van der Waals surface area contributed by atoms with Crippen LogP contribution in [0, 0.1) is 11.3 Å². The molecule has 0 spiro atoms. The molecule has 1 amide bonds. The van der Waals surface area contributed by atoms with Crippen molar-refractivity contribution in [2.45, 2.75) is 50.2 Å². The van der Waals surface area contributed by atoms with E-state index in [2.05, 4.69) is 11.4 Å². The summed E-state index contributed by atoms with van der Waals surface area (Å²) in [5.41, 5.74) is 1.03. The topological polar surface area (TPSA) is 99.5 Å². The largest absolute Gasteiger partial charge is 0.373 e. The number of morpholine rings is 1. The van der Waals surface area contributed by atoms with Gasteiger partial charge in [0.1, 0.15) is 0 Å². The molecule has 2 atom stereocenters. The molecule has 7 nitrogen and oxygen atoms in total. The highest BCUT2D eigenvalue weighted by molar-refractivity contribution is 7.89. The molecular formula is C23H27N3O4S. The Balaban J connectivity index is 1.78. The number of nitrogens with zero attached hydrogens (tertiary/aromatic N) is 2. The van der Waals surface area contributed by atoms with Crippen LogP contribution in [0.4, 0.5) is 5.69 Å². The smallest absolute Gasteiger partial charge is 0.255 e. The monoisotopic (exact) mass is 441 g/mol. The molecule has 164 valence electrons. The molecule has 8 heteroatoms. The molecule has 0 saturated carbocycles. The molecule has 2 aromatic rings. The van der Waals surface area contributed by atoms with Crippen molar-refractivity contribution in [1.82, 2.24) is 4.31 Å². The summed E-state index contributed by atoms with van der Waals surface area (Å²) in [5.74, 6) is -0.409. The molecule has 0 aliphatic carbocycles. The fourth-order valence-electron chi connectivity index (χ4n) is 3.51. The minimum absolute atomic E-state index is 0.0765. The lowest BCUT2D eigenvalue weighted by Gasteiger charge is -2.34. The minimum atomic E-state index is -3.74. The predicted molar refractivity (Wildman–Crippen MR) is 118 cm³/mol. The van der Waals surface area contributed by atoms with Crippen molar-refractivity contribution in [3.8, 4) is 6.07 Å². The van der Waals surface area contributed by atoms with E-state index >= 15 is 0 Å². The Morgan fingerprint density at radius 2 is 1.74 bits per heavy atom. The standard InChI is InChI=1S/C23H27N3O4S/c1-16-13-26(14-17(2)30-16)31(28,29)21-7-5-6-18(12-21)22(27)25-20-10-8-19(9-11-20)23(3,4)15-24/h5-12,16-17H,13-14H2,1-4H3,(H,25,27). The Hall–Kier alpha value is -2.73. The van der Waals surface area contributed by atoms with Crippen LogP contribution in [0.3, 0.4) is 0 Å². The number of sulfonamides is 1. The van der Waals surface area contributed by atoms with E-state index in [4.69, 9.17) is 4.74 Å². The van der Waals surface area contributed by atoms with Gasteiger partial charge in [-0.15, -0.1) is 0 Å². The molecule has 1 N–H and O–H groups in total. The van der Waals surface area contributed by atoms with Gasteiger partial charge in [0.15, 0.2) is 0 Å². The highest BCUT2D eigenvalue weighted by atomic mass is 32.2. The number of benzene rings is 2. The quantitative estimate of drug-likeness (QED) is 0.765. The molecule has 31 heavy (non-hydrogen) atoms. The molecule has 0 radical (unpaired) electrons. The number of nitrogens with one attached hydrogen (secondary N) is 1. The predicted octanol–water partition coefficient (Wildman–Crippen LogP) is 3.54. The summed E-state index contributed by atoms with van der Waals surface area (Å²) in [5, 5.41) is 12.0. The summed E-state index contributed by atoms with van der Waals surface area (Å²) < 4.78 is 33.2. The van der Waals surface area contributed by atoms with E-state index in [0.717, 1.165) is 5.56 Å². The first-order valence-corrected chi connectivity index (χ1v) is 11.6. The Morgan fingerprint density at radius 3 is 2.32 bits per heavy atom. The van der Waals surface area contributed by atoms with Gasteiger partial charge >= 0.3 is 0 Å². The first-order valence-electron chi connectivity index (χ1n) is 10.1. The molecule has 2 aromatic carbocycles. The summed E-state index contributed by atoms with van der Waals surface area (Å²) in [6.07, 6.45) is -0.391. The number of rotatable bonds is 5. The third-order valence-electron chi connectivity index (χ3n) is 5.26. The van der Waals surface area contributed by atoms with Crippen LogP contribution in [0.15, 0.2) is 53.4 Å². The van der Waals surface area contributed by atoms with Crippen LogP contribution in [0.1, 0.15) is 43.6 Å². The average molecular weight is 442 g/mol. The first-order chi connectivity index (χ1) is 14.5. The van der Waals surface area contributed by atoms with Crippen LogP contribution in [0.25, 0.3) is 0 Å². The minimum Gasteiger partial charge on any atom is -0.373 e. The van der Waals surface area contributed by atoms with Crippen LogP contribution in [0.2, 0.25) is 0 Å². The molecule has 1 fully saturated rings. The molecule has 1 aliphatic heterocycles. The van der Waals surface area contributed by atoms with Crippen LogP contribution < -0.4 is 5.32 Å². The Bertz CT molecular complexity index is 1090. The Labute approximate surface area is 183 Å². The molecule has 2 unspecified atom stereocenters. The summed E-state index contributed by atoms with van der Waals surface area (Å²) in [4.78, 5) is 12.8. The van der Waals surface area contributed by atoms with Crippen LogP contribution in [-0.4, -0.2) is 43.9 Å². The van der Waals surface area contributed by atoms with Crippen LogP contribution in [-0.2, 0) is 20.2 Å². The van der Waals surface area contributed by atoms with Gasteiger partial charge in [-0.05, 0) is 63.6 Å². The fraction of sp³-hybridized carbons (Fsp3) is 0.391. The lowest BCUT2D eigenvalue weighted by Crippen LogP contribution is -2.48. The van der Waals surface area contributed by atoms with Crippen molar-refractivity contribution in [1.29, 1.82) is 5.26 Å². The Morgan fingerprint density at radius 1 is 1.13 bits per heavy atom. The van der Waals surface area contributed by atoms with Crippen molar-refractivity contribution in [2.24, 2.45) is 0 Å². The summed E-state index contributed by atoms with van der Waals surface area (Å²) in [7, 11) is -3.74. The molecule has 0 aromatic heterocycles. The Kier molecular flexibility index (Phi) is 6.51. The van der Waals surface area contributed by atoms with E-state index in [1.807, 2.05) is 27.7 Å². The zero-order valence-electron chi connectivity index (χ0n) is 18.1. The van der Waals surface area contributed by atoms with E-state index in [9.17, 15) is 18.5 Å². The normalized spacial score (nSPS) is 20.1.